The lowest BCUT2D eigenvalue weighted by atomic mass is 10.1. The minimum atomic E-state index is -1.27. The van der Waals surface area contributed by atoms with Crippen LogP contribution in [0.1, 0.15) is 48.9 Å². The van der Waals surface area contributed by atoms with E-state index in [9.17, 15) is 14.9 Å². The number of carboxylic acids is 1. The monoisotopic (exact) mass is 280 g/mol. The highest BCUT2D eigenvalue weighted by atomic mass is 16.6. The van der Waals surface area contributed by atoms with Gasteiger partial charge < -0.3 is 9.84 Å². The summed E-state index contributed by atoms with van der Waals surface area (Å²) in [6.07, 6.45) is 7.07. The predicted molar refractivity (Wildman–Crippen MR) is 70.0 cm³/mol. The fraction of sp³-hybridized carbons (Fsp3) is 0.538. The molecular formula is C13H16N2O5. The Labute approximate surface area is 115 Å². The molecule has 0 aromatic carbocycles. The highest BCUT2D eigenvalue weighted by Crippen LogP contribution is 2.26. The molecule has 1 saturated carbocycles. The van der Waals surface area contributed by atoms with Crippen LogP contribution in [0, 0.1) is 10.1 Å². The second-order valence-electron chi connectivity index (χ2n) is 4.84. The number of hydrogen-bond donors (Lipinski definition) is 1. The highest BCUT2D eigenvalue weighted by molar-refractivity contribution is 5.90. The second kappa shape index (κ2) is 6.31. The summed E-state index contributed by atoms with van der Waals surface area (Å²) >= 11 is 0. The van der Waals surface area contributed by atoms with Gasteiger partial charge >= 0.3 is 5.97 Å². The molecule has 108 valence electrons. The summed E-state index contributed by atoms with van der Waals surface area (Å²) in [4.78, 5) is 24.9. The molecule has 0 atom stereocenters. The number of hydrogen-bond acceptors (Lipinski definition) is 5. The summed E-state index contributed by atoms with van der Waals surface area (Å²) in [6.45, 7) is 0. The van der Waals surface area contributed by atoms with E-state index in [1.54, 1.807) is 0 Å². The van der Waals surface area contributed by atoms with Gasteiger partial charge in [0.25, 0.3) is 5.69 Å². The van der Waals surface area contributed by atoms with E-state index in [1.807, 2.05) is 0 Å². The summed E-state index contributed by atoms with van der Waals surface area (Å²) in [5.74, 6) is -1.31. The fourth-order valence-electron chi connectivity index (χ4n) is 2.31. The number of carboxylic acid groups (broad SMARTS) is 1. The van der Waals surface area contributed by atoms with Crippen LogP contribution in [0.4, 0.5) is 5.69 Å². The smallest absolute Gasteiger partial charge is 0.341 e. The van der Waals surface area contributed by atoms with Gasteiger partial charge in [0.15, 0.2) is 0 Å². The number of ether oxygens (including phenoxy) is 1. The standard InChI is InChI=1S/C13H16N2O5/c16-13(17)11-7-9(15(18)19)8-14-12(11)20-10-5-3-1-2-4-6-10/h7-8,10H,1-6H2,(H,16,17). The van der Waals surface area contributed by atoms with Crippen LogP contribution in [0.3, 0.4) is 0 Å². The zero-order valence-electron chi connectivity index (χ0n) is 10.9. The van der Waals surface area contributed by atoms with Crippen molar-refractivity contribution in [2.45, 2.75) is 44.6 Å². The summed E-state index contributed by atoms with van der Waals surface area (Å²) in [5.41, 5.74) is -0.612. The molecule has 0 spiro atoms. The van der Waals surface area contributed by atoms with Gasteiger partial charge in [0.2, 0.25) is 5.88 Å². The average molecular weight is 280 g/mol. The molecule has 0 unspecified atom stereocenters. The van der Waals surface area contributed by atoms with Gasteiger partial charge in [-0.15, -0.1) is 0 Å². The Balaban J connectivity index is 2.21. The van der Waals surface area contributed by atoms with E-state index < -0.39 is 10.9 Å². The van der Waals surface area contributed by atoms with Crippen LogP contribution >= 0.6 is 0 Å². The molecule has 0 radical (unpaired) electrons. The van der Waals surface area contributed by atoms with Gasteiger partial charge in [0.05, 0.1) is 4.92 Å². The van der Waals surface area contributed by atoms with Crippen molar-refractivity contribution in [3.05, 3.63) is 27.9 Å². The molecule has 2 rings (SSSR count). The maximum Gasteiger partial charge on any atom is 0.341 e. The first kappa shape index (κ1) is 14.2. The van der Waals surface area contributed by atoms with Crippen LogP contribution < -0.4 is 4.74 Å². The number of pyridine rings is 1. The third kappa shape index (κ3) is 3.43. The van der Waals surface area contributed by atoms with E-state index >= 15 is 0 Å². The molecule has 20 heavy (non-hydrogen) atoms. The number of rotatable bonds is 4. The largest absolute Gasteiger partial charge is 0.477 e. The van der Waals surface area contributed by atoms with E-state index in [1.165, 1.54) is 0 Å². The third-order valence-corrected chi connectivity index (χ3v) is 3.36. The van der Waals surface area contributed by atoms with Gasteiger partial charge in [-0.1, -0.05) is 12.8 Å². The average Bonchev–Trinajstić information content (AvgIpc) is 2.67. The van der Waals surface area contributed by atoms with Crippen molar-refractivity contribution in [2.75, 3.05) is 0 Å². The van der Waals surface area contributed by atoms with Crippen molar-refractivity contribution in [2.24, 2.45) is 0 Å². The summed E-state index contributed by atoms with van der Waals surface area (Å²) in [7, 11) is 0. The topological polar surface area (TPSA) is 103 Å². The Morgan fingerprint density at radius 1 is 1.35 bits per heavy atom. The lowest BCUT2D eigenvalue weighted by Crippen LogP contribution is -2.18. The molecular weight excluding hydrogens is 264 g/mol. The van der Waals surface area contributed by atoms with E-state index in [0.717, 1.165) is 50.8 Å². The van der Waals surface area contributed by atoms with Crippen LogP contribution in [0.25, 0.3) is 0 Å². The van der Waals surface area contributed by atoms with Gasteiger partial charge in [0, 0.05) is 6.07 Å². The molecule has 1 aliphatic rings. The van der Waals surface area contributed by atoms with Crippen LogP contribution in [0.5, 0.6) is 5.88 Å². The molecule has 1 N–H and O–H groups in total. The molecule has 1 aliphatic carbocycles. The number of carbonyl (C=O) groups is 1. The van der Waals surface area contributed by atoms with Crippen molar-refractivity contribution in [1.82, 2.24) is 4.98 Å². The van der Waals surface area contributed by atoms with Crippen molar-refractivity contribution in [3.63, 3.8) is 0 Å². The molecule has 0 aliphatic heterocycles. The van der Waals surface area contributed by atoms with E-state index in [-0.39, 0.29) is 23.2 Å². The normalized spacial score (nSPS) is 16.4. The maximum absolute atomic E-state index is 11.2. The highest BCUT2D eigenvalue weighted by Gasteiger charge is 2.22. The van der Waals surface area contributed by atoms with E-state index in [4.69, 9.17) is 9.84 Å². The Morgan fingerprint density at radius 3 is 2.55 bits per heavy atom. The van der Waals surface area contributed by atoms with Crippen LogP contribution in [-0.2, 0) is 0 Å². The van der Waals surface area contributed by atoms with Crippen molar-refractivity contribution in [3.8, 4) is 5.88 Å². The fourth-order valence-corrected chi connectivity index (χ4v) is 2.31. The Bertz CT molecular complexity index is 509. The van der Waals surface area contributed by atoms with Gasteiger partial charge in [-0.05, 0) is 25.7 Å². The molecule has 0 bridgehead atoms. The predicted octanol–water partition coefficient (Wildman–Crippen LogP) is 2.79. The van der Waals surface area contributed by atoms with Gasteiger partial charge in [-0.3, -0.25) is 10.1 Å². The first-order chi connectivity index (χ1) is 9.58. The summed E-state index contributed by atoms with van der Waals surface area (Å²) < 4.78 is 5.65. The van der Waals surface area contributed by atoms with Gasteiger partial charge in [-0.25, -0.2) is 9.78 Å². The maximum atomic E-state index is 11.2. The zero-order chi connectivity index (χ0) is 14.5. The molecule has 0 saturated heterocycles. The minimum Gasteiger partial charge on any atom is -0.477 e. The SMILES string of the molecule is O=C(O)c1cc([N+](=O)[O-])cnc1OC1CCCCCC1. The Hall–Kier alpha value is -2.18. The molecule has 0 amide bonds. The van der Waals surface area contributed by atoms with Crippen LogP contribution in [0.2, 0.25) is 0 Å². The molecule has 7 nitrogen and oxygen atoms in total. The number of nitrogens with zero attached hydrogens (tertiary/aromatic N) is 2. The Morgan fingerprint density at radius 2 is 2.00 bits per heavy atom. The third-order valence-electron chi connectivity index (χ3n) is 3.36. The van der Waals surface area contributed by atoms with Gasteiger partial charge in [0.1, 0.15) is 17.9 Å². The molecule has 1 fully saturated rings. The Kier molecular flexibility index (Phi) is 4.49. The lowest BCUT2D eigenvalue weighted by molar-refractivity contribution is -0.385. The van der Waals surface area contributed by atoms with Crippen LogP contribution in [0.15, 0.2) is 12.3 Å². The van der Waals surface area contributed by atoms with Crippen molar-refractivity contribution >= 4 is 11.7 Å². The van der Waals surface area contributed by atoms with Crippen LogP contribution in [-0.4, -0.2) is 27.1 Å². The number of aromatic nitrogens is 1. The summed E-state index contributed by atoms with van der Waals surface area (Å²) in [5, 5.41) is 19.8. The molecule has 1 aromatic rings. The van der Waals surface area contributed by atoms with Crippen molar-refractivity contribution < 1.29 is 19.6 Å². The van der Waals surface area contributed by atoms with Gasteiger partial charge in [-0.2, -0.15) is 0 Å². The quantitative estimate of drug-likeness (QED) is 0.516. The first-order valence-corrected chi connectivity index (χ1v) is 6.62. The summed E-state index contributed by atoms with van der Waals surface area (Å²) in [6, 6.07) is 0.987. The van der Waals surface area contributed by atoms with E-state index in [2.05, 4.69) is 4.98 Å². The van der Waals surface area contributed by atoms with E-state index in [0.29, 0.717) is 0 Å². The lowest BCUT2D eigenvalue weighted by Gasteiger charge is -2.17. The van der Waals surface area contributed by atoms with Crippen molar-refractivity contribution in [1.29, 1.82) is 0 Å². The molecule has 1 heterocycles. The number of aromatic carboxylic acids is 1. The minimum absolute atomic E-state index is 0.0324. The zero-order valence-corrected chi connectivity index (χ0v) is 10.9. The molecule has 1 aromatic heterocycles. The first-order valence-electron chi connectivity index (χ1n) is 6.62. The number of nitro groups is 1. The second-order valence-corrected chi connectivity index (χ2v) is 4.84. The molecule has 7 heteroatoms.